The summed E-state index contributed by atoms with van der Waals surface area (Å²) in [6, 6.07) is -0.410. The summed E-state index contributed by atoms with van der Waals surface area (Å²) >= 11 is 1.59. The van der Waals surface area contributed by atoms with Gasteiger partial charge >= 0.3 is 5.97 Å². The molecule has 0 spiro atoms. The first-order valence-corrected chi connectivity index (χ1v) is 5.85. The fourth-order valence-electron chi connectivity index (χ4n) is 1.44. The number of nitrogens with zero attached hydrogens (tertiary/aromatic N) is 2. The number of likely N-dealkylation sites (N-methyl/N-ethyl adjacent to an activating group) is 1. The van der Waals surface area contributed by atoms with Crippen molar-refractivity contribution < 1.29 is 9.53 Å². The third-order valence-corrected chi connectivity index (χ3v) is 3.13. The minimum absolute atomic E-state index is 0.242. The van der Waals surface area contributed by atoms with E-state index in [9.17, 15) is 4.79 Å². The van der Waals surface area contributed by atoms with E-state index in [0.717, 1.165) is 10.7 Å². The van der Waals surface area contributed by atoms with Crippen molar-refractivity contribution in [3.8, 4) is 0 Å². The number of carbonyl (C=O) groups is 1. The van der Waals surface area contributed by atoms with Crippen LogP contribution in [0.25, 0.3) is 0 Å². The molecule has 0 aliphatic rings. The lowest BCUT2D eigenvalue weighted by molar-refractivity contribution is -0.146. The summed E-state index contributed by atoms with van der Waals surface area (Å²) in [6.45, 7) is 2.79. The standard InChI is InChI=1S/C10H17N3O2S/c1-7-12-8(6-16-7)5-13(2)9(4-11)10(14)15-3/h6,9H,4-5,11H2,1-3H3. The Morgan fingerprint density at radius 3 is 2.88 bits per heavy atom. The Kier molecular flexibility index (Phi) is 4.85. The van der Waals surface area contributed by atoms with Crippen molar-refractivity contribution in [2.75, 3.05) is 20.7 Å². The largest absolute Gasteiger partial charge is 0.468 e. The number of rotatable bonds is 5. The maximum Gasteiger partial charge on any atom is 0.324 e. The van der Waals surface area contributed by atoms with E-state index in [1.807, 2.05) is 24.3 Å². The molecule has 90 valence electrons. The van der Waals surface area contributed by atoms with Gasteiger partial charge in [0, 0.05) is 18.5 Å². The molecular formula is C10H17N3O2S. The molecular weight excluding hydrogens is 226 g/mol. The van der Waals surface area contributed by atoms with Crippen molar-refractivity contribution >= 4 is 17.3 Å². The van der Waals surface area contributed by atoms with E-state index >= 15 is 0 Å². The Labute approximate surface area is 99.2 Å². The van der Waals surface area contributed by atoms with E-state index in [1.54, 1.807) is 11.3 Å². The van der Waals surface area contributed by atoms with Crippen LogP contribution in [0.5, 0.6) is 0 Å². The molecule has 0 saturated heterocycles. The predicted octanol–water partition coefficient (Wildman–Crippen LogP) is 0.384. The number of aryl methyl sites for hydroxylation is 1. The summed E-state index contributed by atoms with van der Waals surface area (Å²) in [7, 11) is 3.20. The summed E-state index contributed by atoms with van der Waals surface area (Å²) in [4.78, 5) is 17.6. The molecule has 1 heterocycles. The molecule has 0 bridgehead atoms. The molecule has 1 aromatic heterocycles. The molecule has 1 rings (SSSR count). The number of esters is 1. The van der Waals surface area contributed by atoms with Crippen LogP contribution in [0, 0.1) is 6.92 Å². The van der Waals surface area contributed by atoms with Gasteiger partial charge in [-0.15, -0.1) is 11.3 Å². The minimum atomic E-state index is -0.410. The Morgan fingerprint density at radius 1 is 1.75 bits per heavy atom. The Balaban J connectivity index is 2.62. The second-order valence-corrected chi connectivity index (χ2v) is 4.61. The average Bonchev–Trinajstić information content (AvgIpc) is 2.64. The third kappa shape index (κ3) is 3.26. The molecule has 0 saturated carbocycles. The number of hydrogen-bond acceptors (Lipinski definition) is 6. The lowest BCUT2D eigenvalue weighted by atomic mass is 10.2. The minimum Gasteiger partial charge on any atom is -0.468 e. The van der Waals surface area contributed by atoms with Crippen LogP contribution < -0.4 is 5.73 Å². The van der Waals surface area contributed by atoms with E-state index in [0.29, 0.717) is 6.54 Å². The normalized spacial score (nSPS) is 12.8. The summed E-state index contributed by atoms with van der Waals surface area (Å²) < 4.78 is 4.69. The van der Waals surface area contributed by atoms with Crippen LogP contribution >= 0.6 is 11.3 Å². The van der Waals surface area contributed by atoms with Crippen LogP contribution in [0.1, 0.15) is 10.7 Å². The van der Waals surface area contributed by atoms with Crippen LogP contribution in [0.4, 0.5) is 0 Å². The number of aromatic nitrogens is 1. The summed E-state index contributed by atoms with van der Waals surface area (Å²) in [5, 5.41) is 3.00. The van der Waals surface area contributed by atoms with E-state index in [-0.39, 0.29) is 12.5 Å². The van der Waals surface area contributed by atoms with Gasteiger partial charge in [0.2, 0.25) is 0 Å². The highest BCUT2D eigenvalue weighted by Gasteiger charge is 2.22. The zero-order valence-corrected chi connectivity index (χ0v) is 10.6. The van der Waals surface area contributed by atoms with Gasteiger partial charge in [0.05, 0.1) is 17.8 Å². The molecule has 0 fully saturated rings. The van der Waals surface area contributed by atoms with Crippen molar-refractivity contribution in [1.29, 1.82) is 0 Å². The highest BCUT2D eigenvalue weighted by atomic mass is 32.1. The first-order chi connectivity index (χ1) is 7.58. The lowest BCUT2D eigenvalue weighted by Crippen LogP contribution is -2.44. The quantitative estimate of drug-likeness (QED) is 0.757. The van der Waals surface area contributed by atoms with Crippen LogP contribution in [-0.4, -0.2) is 42.6 Å². The van der Waals surface area contributed by atoms with Crippen molar-refractivity contribution in [2.24, 2.45) is 5.73 Å². The average molecular weight is 243 g/mol. The van der Waals surface area contributed by atoms with Gasteiger partial charge in [-0.05, 0) is 14.0 Å². The molecule has 5 nitrogen and oxygen atoms in total. The Morgan fingerprint density at radius 2 is 2.44 bits per heavy atom. The van der Waals surface area contributed by atoms with Crippen LogP contribution in [0.3, 0.4) is 0 Å². The maximum absolute atomic E-state index is 11.4. The smallest absolute Gasteiger partial charge is 0.324 e. The number of carbonyl (C=O) groups excluding carboxylic acids is 1. The van der Waals surface area contributed by atoms with Crippen LogP contribution in [0.2, 0.25) is 0 Å². The van der Waals surface area contributed by atoms with Crippen LogP contribution in [0.15, 0.2) is 5.38 Å². The van der Waals surface area contributed by atoms with E-state index in [2.05, 4.69) is 9.72 Å². The van der Waals surface area contributed by atoms with E-state index < -0.39 is 6.04 Å². The fourth-order valence-corrected chi connectivity index (χ4v) is 2.04. The molecule has 2 N–H and O–H groups in total. The van der Waals surface area contributed by atoms with Crippen molar-refractivity contribution in [1.82, 2.24) is 9.88 Å². The highest BCUT2D eigenvalue weighted by Crippen LogP contribution is 2.11. The number of ether oxygens (including phenoxy) is 1. The third-order valence-electron chi connectivity index (χ3n) is 2.31. The number of hydrogen-bond donors (Lipinski definition) is 1. The van der Waals surface area contributed by atoms with Gasteiger partial charge in [0.1, 0.15) is 6.04 Å². The summed E-state index contributed by atoms with van der Waals surface area (Å²) in [6.07, 6.45) is 0. The molecule has 1 unspecified atom stereocenters. The first-order valence-electron chi connectivity index (χ1n) is 4.97. The van der Waals surface area contributed by atoms with Gasteiger partial charge in [-0.1, -0.05) is 0 Å². The topological polar surface area (TPSA) is 68.5 Å². The number of thiazole rings is 1. The van der Waals surface area contributed by atoms with Crippen molar-refractivity contribution in [3.63, 3.8) is 0 Å². The monoisotopic (exact) mass is 243 g/mol. The van der Waals surface area contributed by atoms with E-state index in [1.165, 1.54) is 7.11 Å². The predicted molar refractivity (Wildman–Crippen MR) is 63.2 cm³/mol. The molecule has 0 aliphatic heterocycles. The second kappa shape index (κ2) is 5.93. The second-order valence-electron chi connectivity index (χ2n) is 3.55. The Hall–Kier alpha value is -0.980. The molecule has 0 aromatic carbocycles. The van der Waals surface area contributed by atoms with Gasteiger partial charge in [-0.2, -0.15) is 0 Å². The number of methoxy groups -OCH3 is 1. The van der Waals surface area contributed by atoms with Gasteiger partial charge in [0.25, 0.3) is 0 Å². The highest BCUT2D eigenvalue weighted by molar-refractivity contribution is 7.09. The molecule has 0 radical (unpaired) electrons. The maximum atomic E-state index is 11.4. The fraction of sp³-hybridized carbons (Fsp3) is 0.600. The number of nitrogens with two attached hydrogens (primary N) is 1. The molecule has 0 aliphatic carbocycles. The summed E-state index contributed by atoms with van der Waals surface area (Å²) in [5.74, 6) is -0.308. The van der Waals surface area contributed by atoms with Gasteiger partial charge < -0.3 is 10.5 Å². The van der Waals surface area contributed by atoms with Gasteiger partial charge in [0.15, 0.2) is 0 Å². The van der Waals surface area contributed by atoms with Gasteiger partial charge in [-0.3, -0.25) is 9.69 Å². The first kappa shape index (κ1) is 13.1. The van der Waals surface area contributed by atoms with Crippen molar-refractivity contribution in [2.45, 2.75) is 19.5 Å². The molecule has 1 atom stereocenters. The van der Waals surface area contributed by atoms with Crippen LogP contribution in [-0.2, 0) is 16.1 Å². The zero-order chi connectivity index (χ0) is 12.1. The van der Waals surface area contributed by atoms with Gasteiger partial charge in [-0.25, -0.2) is 4.98 Å². The van der Waals surface area contributed by atoms with Crippen molar-refractivity contribution in [3.05, 3.63) is 16.1 Å². The summed E-state index contributed by atoms with van der Waals surface area (Å²) in [5.41, 5.74) is 6.50. The SMILES string of the molecule is COC(=O)C(CN)N(C)Cc1csc(C)n1. The zero-order valence-electron chi connectivity index (χ0n) is 9.77. The van der Waals surface area contributed by atoms with E-state index in [4.69, 9.17) is 5.73 Å². The Bertz CT molecular complexity index is 354. The molecule has 0 amide bonds. The molecule has 16 heavy (non-hydrogen) atoms. The lowest BCUT2D eigenvalue weighted by Gasteiger charge is -2.23. The molecule has 6 heteroatoms. The molecule has 1 aromatic rings.